The summed E-state index contributed by atoms with van der Waals surface area (Å²) in [6.07, 6.45) is 3.98. The number of hydrogen-bond donors (Lipinski definition) is 1. The van der Waals surface area contributed by atoms with Crippen molar-refractivity contribution in [2.45, 2.75) is 25.4 Å². The van der Waals surface area contributed by atoms with Crippen molar-refractivity contribution in [1.29, 1.82) is 0 Å². The maximum Gasteiger partial charge on any atom is 0.224 e. The highest BCUT2D eigenvalue weighted by atomic mass is 16.5. The van der Waals surface area contributed by atoms with Crippen molar-refractivity contribution in [1.82, 2.24) is 15.2 Å². The summed E-state index contributed by atoms with van der Waals surface area (Å²) in [7, 11) is 1.84. The monoisotopic (exact) mass is 263 g/mol. The average Bonchev–Trinajstić information content (AvgIpc) is 2.47. The Bertz CT molecular complexity index is 404. The lowest BCUT2D eigenvalue weighted by Crippen LogP contribution is -2.44. The Morgan fingerprint density at radius 2 is 2.32 bits per heavy atom. The molecule has 0 bridgehead atoms. The molecule has 1 N–H and O–H groups in total. The molecule has 1 aliphatic rings. The number of nitrogens with zero attached hydrogens (tertiary/aromatic N) is 2. The van der Waals surface area contributed by atoms with E-state index in [1.807, 2.05) is 26.1 Å². The number of morpholine rings is 1. The van der Waals surface area contributed by atoms with Crippen LogP contribution in [0.1, 0.15) is 24.9 Å². The quantitative estimate of drug-likeness (QED) is 0.880. The number of amides is 1. The Hall–Kier alpha value is -1.46. The fourth-order valence-corrected chi connectivity index (χ4v) is 2.19. The van der Waals surface area contributed by atoms with Crippen LogP contribution in [0.15, 0.2) is 24.5 Å². The van der Waals surface area contributed by atoms with E-state index < -0.39 is 0 Å². The second-order valence-electron chi connectivity index (χ2n) is 4.89. The number of pyridine rings is 1. The van der Waals surface area contributed by atoms with Crippen molar-refractivity contribution in [3.8, 4) is 0 Å². The van der Waals surface area contributed by atoms with E-state index in [4.69, 9.17) is 4.74 Å². The summed E-state index contributed by atoms with van der Waals surface area (Å²) in [5.74, 6) is 0.132. The number of hydrogen-bond acceptors (Lipinski definition) is 4. The van der Waals surface area contributed by atoms with E-state index in [9.17, 15) is 4.79 Å². The molecule has 1 aromatic rings. The zero-order chi connectivity index (χ0) is 13.7. The Morgan fingerprint density at radius 1 is 1.58 bits per heavy atom. The van der Waals surface area contributed by atoms with Crippen LogP contribution in [-0.4, -0.2) is 48.6 Å². The molecule has 19 heavy (non-hydrogen) atoms. The topological polar surface area (TPSA) is 54.5 Å². The summed E-state index contributed by atoms with van der Waals surface area (Å²) in [6.45, 7) is 4.19. The first-order chi connectivity index (χ1) is 9.18. The molecule has 0 aliphatic carbocycles. The summed E-state index contributed by atoms with van der Waals surface area (Å²) < 4.78 is 5.37. The molecule has 0 spiro atoms. The van der Waals surface area contributed by atoms with Gasteiger partial charge in [-0.25, -0.2) is 0 Å². The van der Waals surface area contributed by atoms with E-state index in [0.29, 0.717) is 13.0 Å². The molecule has 5 nitrogen and oxygen atoms in total. The number of nitrogens with one attached hydrogen (secondary N) is 1. The second kappa shape index (κ2) is 6.63. The molecule has 1 saturated heterocycles. The molecule has 5 heteroatoms. The summed E-state index contributed by atoms with van der Waals surface area (Å²) >= 11 is 0. The molecular weight excluding hydrogens is 242 g/mol. The van der Waals surface area contributed by atoms with Crippen molar-refractivity contribution in [2.24, 2.45) is 0 Å². The lowest BCUT2D eigenvalue weighted by atomic mass is 10.1. The van der Waals surface area contributed by atoms with Crippen LogP contribution in [0.5, 0.6) is 0 Å². The van der Waals surface area contributed by atoms with E-state index in [1.54, 1.807) is 17.3 Å². The van der Waals surface area contributed by atoms with E-state index in [2.05, 4.69) is 10.3 Å². The lowest BCUT2D eigenvalue weighted by Gasteiger charge is -2.29. The standard InChI is InChI=1S/C14H21N3O2/c1-11(12-3-5-15-6-4-12)17(2)14(18)9-13-10-19-8-7-16-13/h3-6,11,13,16H,7-10H2,1-2H3/t11-,13+/m1/s1. The normalized spacial score (nSPS) is 20.8. The molecule has 0 radical (unpaired) electrons. The summed E-state index contributed by atoms with van der Waals surface area (Å²) in [5.41, 5.74) is 1.10. The summed E-state index contributed by atoms with van der Waals surface area (Å²) in [6, 6.07) is 4.07. The van der Waals surface area contributed by atoms with E-state index >= 15 is 0 Å². The third-order valence-corrected chi connectivity index (χ3v) is 3.58. The van der Waals surface area contributed by atoms with Crippen LogP contribution in [0, 0.1) is 0 Å². The number of carbonyl (C=O) groups is 1. The van der Waals surface area contributed by atoms with Gasteiger partial charge in [0, 0.05) is 38.4 Å². The van der Waals surface area contributed by atoms with Gasteiger partial charge in [-0.15, -0.1) is 0 Å². The minimum Gasteiger partial charge on any atom is -0.378 e. The maximum atomic E-state index is 12.2. The van der Waals surface area contributed by atoms with Gasteiger partial charge in [0.15, 0.2) is 0 Å². The molecule has 0 saturated carbocycles. The van der Waals surface area contributed by atoms with Crippen LogP contribution < -0.4 is 5.32 Å². The van der Waals surface area contributed by atoms with E-state index in [-0.39, 0.29) is 18.0 Å². The number of carbonyl (C=O) groups excluding carboxylic acids is 1. The molecule has 1 fully saturated rings. The van der Waals surface area contributed by atoms with Gasteiger partial charge in [-0.05, 0) is 24.6 Å². The molecule has 1 aromatic heterocycles. The SMILES string of the molecule is C[C@H](c1ccncc1)N(C)C(=O)C[C@H]1COCCN1. The Kier molecular flexibility index (Phi) is 4.87. The summed E-state index contributed by atoms with van der Waals surface area (Å²) in [4.78, 5) is 18.0. The highest BCUT2D eigenvalue weighted by molar-refractivity contribution is 5.77. The number of aromatic nitrogens is 1. The lowest BCUT2D eigenvalue weighted by molar-refractivity contribution is -0.133. The molecule has 2 atom stereocenters. The van der Waals surface area contributed by atoms with Gasteiger partial charge >= 0.3 is 0 Å². The Labute approximate surface area is 114 Å². The maximum absolute atomic E-state index is 12.2. The van der Waals surface area contributed by atoms with Crippen LogP contribution in [0.2, 0.25) is 0 Å². The Balaban J connectivity index is 1.91. The van der Waals surface area contributed by atoms with Gasteiger partial charge in [0.05, 0.1) is 19.3 Å². The third-order valence-electron chi connectivity index (χ3n) is 3.58. The fraction of sp³-hybridized carbons (Fsp3) is 0.571. The van der Waals surface area contributed by atoms with Crippen LogP contribution in [0.3, 0.4) is 0 Å². The van der Waals surface area contributed by atoms with Gasteiger partial charge in [0.1, 0.15) is 0 Å². The minimum absolute atomic E-state index is 0.0556. The first kappa shape index (κ1) is 14.0. The Morgan fingerprint density at radius 3 is 2.95 bits per heavy atom. The first-order valence-electron chi connectivity index (χ1n) is 6.65. The fourth-order valence-electron chi connectivity index (χ4n) is 2.19. The highest BCUT2D eigenvalue weighted by Crippen LogP contribution is 2.18. The third kappa shape index (κ3) is 3.75. The van der Waals surface area contributed by atoms with Gasteiger partial charge in [-0.2, -0.15) is 0 Å². The van der Waals surface area contributed by atoms with Gasteiger partial charge in [0.2, 0.25) is 5.91 Å². The summed E-state index contributed by atoms with van der Waals surface area (Å²) in [5, 5.41) is 3.30. The molecule has 0 unspecified atom stereocenters. The van der Waals surface area contributed by atoms with Crippen molar-refractivity contribution in [2.75, 3.05) is 26.8 Å². The smallest absolute Gasteiger partial charge is 0.224 e. The van der Waals surface area contributed by atoms with Gasteiger partial charge < -0.3 is 15.0 Å². The minimum atomic E-state index is 0.0556. The number of rotatable bonds is 4. The zero-order valence-electron chi connectivity index (χ0n) is 11.5. The van der Waals surface area contributed by atoms with Crippen LogP contribution >= 0.6 is 0 Å². The molecular formula is C14H21N3O2. The van der Waals surface area contributed by atoms with Gasteiger partial charge in [-0.1, -0.05) is 0 Å². The van der Waals surface area contributed by atoms with E-state index in [1.165, 1.54) is 0 Å². The predicted octanol–water partition coefficient (Wildman–Crippen LogP) is 0.979. The first-order valence-corrected chi connectivity index (χ1v) is 6.65. The molecule has 104 valence electrons. The van der Waals surface area contributed by atoms with Gasteiger partial charge in [0.25, 0.3) is 0 Å². The van der Waals surface area contributed by atoms with Crippen molar-refractivity contribution < 1.29 is 9.53 Å². The predicted molar refractivity (Wildman–Crippen MR) is 72.6 cm³/mol. The second-order valence-corrected chi connectivity index (χ2v) is 4.89. The van der Waals surface area contributed by atoms with Crippen LogP contribution in [0.4, 0.5) is 0 Å². The van der Waals surface area contributed by atoms with E-state index in [0.717, 1.165) is 18.7 Å². The largest absolute Gasteiger partial charge is 0.378 e. The molecule has 2 rings (SSSR count). The molecule has 1 aliphatic heterocycles. The van der Waals surface area contributed by atoms with Crippen molar-refractivity contribution >= 4 is 5.91 Å². The molecule has 2 heterocycles. The van der Waals surface area contributed by atoms with Crippen molar-refractivity contribution in [3.05, 3.63) is 30.1 Å². The highest BCUT2D eigenvalue weighted by Gasteiger charge is 2.22. The van der Waals surface area contributed by atoms with Crippen LogP contribution in [-0.2, 0) is 9.53 Å². The van der Waals surface area contributed by atoms with Gasteiger partial charge in [-0.3, -0.25) is 9.78 Å². The number of ether oxygens (including phenoxy) is 1. The molecule has 0 aromatic carbocycles. The van der Waals surface area contributed by atoms with Crippen molar-refractivity contribution in [3.63, 3.8) is 0 Å². The zero-order valence-corrected chi connectivity index (χ0v) is 11.5. The average molecular weight is 263 g/mol. The molecule has 1 amide bonds. The van der Waals surface area contributed by atoms with Crippen LogP contribution in [0.25, 0.3) is 0 Å².